The number of unbranched alkanes of at least 4 members (excludes halogenated alkanes) is 29. The van der Waals surface area contributed by atoms with Gasteiger partial charge in [-0.1, -0.05) is 201 Å². The van der Waals surface area contributed by atoms with Gasteiger partial charge in [-0.3, -0.25) is 9.69 Å². The molecule has 0 unspecified atom stereocenters. The second kappa shape index (κ2) is 45.7. The number of rotatable bonds is 46. The maximum Gasteiger partial charge on any atom is 0.320 e. The summed E-state index contributed by atoms with van der Waals surface area (Å²) in [6, 6.07) is 0. The predicted octanol–water partition coefficient (Wildman–Crippen LogP) is 13.1. The van der Waals surface area contributed by atoms with E-state index in [0.717, 1.165) is 45.6 Å². The highest BCUT2D eigenvalue weighted by molar-refractivity contribution is 5.71. The van der Waals surface area contributed by atoms with Gasteiger partial charge < -0.3 is 19.5 Å². The molecule has 0 aliphatic carbocycles. The Morgan fingerprint density at radius 2 is 0.698 bits per heavy atom. The van der Waals surface area contributed by atoms with Gasteiger partial charge in [-0.25, -0.2) is 0 Å². The number of nitrogens with zero attached hydrogens (tertiary/aromatic N) is 2. The van der Waals surface area contributed by atoms with Crippen molar-refractivity contribution < 1.29 is 19.4 Å². The van der Waals surface area contributed by atoms with Crippen LogP contribution in [0.5, 0.6) is 0 Å². The molecule has 0 amide bonds. The first kappa shape index (κ1) is 52.3. The molecule has 6 heteroatoms. The van der Waals surface area contributed by atoms with Crippen molar-refractivity contribution in [3.05, 3.63) is 0 Å². The van der Waals surface area contributed by atoms with Crippen molar-refractivity contribution in [1.29, 1.82) is 0 Å². The molecule has 0 aliphatic rings. The van der Waals surface area contributed by atoms with Crippen molar-refractivity contribution in [3.63, 3.8) is 0 Å². The highest BCUT2D eigenvalue weighted by Crippen LogP contribution is 2.14. The van der Waals surface area contributed by atoms with Crippen molar-refractivity contribution in [3.8, 4) is 0 Å². The van der Waals surface area contributed by atoms with E-state index in [9.17, 15) is 4.79 Å². The lowest BCUT2D eigenvalue weighted by molar-refractivity contribution is -0.145. The van der Waals surface area contributed by atoms with Gasteiger partial charge in [0.05, 0.1) is 33.0 Å². The Balaban J connectivity index is 4.12. The van der Waals surface area contributed by atoms with Gasteiger partial charge >= 0.3 is 5.97 Å². The topological polar surface area (TPSA) is 62.2 Å². The molecule has 0 aromatic rings. The summed E-state index contributed by atoms with van der Waals surface area (Å²) in [7, 11) is 0. The number of carbonyl (C=O) groups is 1. The first-order valence-electron chi connectivity index (χ1n) is 24.0. The van der Waals surface area contributed by atoms with Gasteiger partial charge in [0, 0.05) is 6.54 Å². The number of aliphatic hydroxyl groups is 1. The van der Waals surface area contributed by atoms with Gasteiger partial charge in [0.25, 0.3) is 0 Å². The zero-order chi connectivity index (χ0) is 38.6. The first-order valence-corrected chi connectivity index (χ1v) is 24.0. The average molecular weight is 753 g/mol. The molecule has 6 nitrogen and oxygen atoms in total. The van der Waals surface area contributed by atoms with E-state index in [1.165, 1.54) is 206 Å². The van der Waals surface area contributed by atoms with Crippen LogP contribution in [-0.2, 0) is 14.3 Å². The predicted molar refractivity (Wildman–Crippen MR) is 231 cm³/mol. The number of carbonyl (C=O) groups excluding carboxylic acids is 1. The molecule has 0 aromatic carbocycles. The van der Waals surface area contributed by atoms with Crippen molar-refractivity contribution in [1.82, 2.24) is 9.80 Å². The number of hydrogen-bond donors (Lipinski definition) is 1. The lowest BCUT2D eigenvalue weighted by Crippen LogP contribution is -2.33. The van der Waals surface area contributed by atoms with E-state index in [1.807, 2.05) is 0 Å². The molecule has 0 heterocycles. The summed E-state index contributed by atoms with van der Waals surface area (Å²) in [5.41, 5.74) is 0. The van der Waals surface area contributed by atoms with Crippen LogP contribution in [-0.4, -0.2) is 86.6 Å². The van der Waals surface area contributed by atoms with Crippen LogP contribution in [0.2, 0.25) is 0 Å². The number of esters is 1. The van der Waals surface area contributed by atoms with Crippen LogP contribution >= 0.6 is 0 Å². The van der Waals surface area contributed by atoms with Gasteiger partial charge in [-0.15, -0.1) is 0 Å². The molecule has 0 spiro atoms. The highest BCUT2D eigenvalue weighted by atomic mass is 16.5. The molecule has 0 radical (unpaired) electrons. The minimum atomic E-state index is -0.0201. The quantitative estimate of drug-likeness (QED) is 0.0493. The van der Waals surface area contributed by atoms with Crippen LogP contribution in [0.4, 0.5) is 0 Å². The molecule has 53 heavy (non-hydrogen) atoms. The molecule has 0 rings (SSSR count). The number of ether oxygens (including phenoxy) is 2. The van der Waals surface area contributed by atoms with Crippen LogP contribution in [0, 0.1) is 0 Å². The molecule has 0 fully saturated rings. The van der Waals surface area contributed by atoms with Gasteiger partial charge in [0.15, 0.2) is 0 Å². The van der Waals surface area contributed by atoms with Crippen LogP contribution in [0.1, 0.15) is 233 Å². The molecule has 0 aliphatic heterocycles. The molecule has 318 valence electrons. The van der Waals surface area contributed by atoms with Crippen molar-refractivity contribution in [2.45, 2.75) is 233 Å². The van der Waals surface area contributed by atoms with E-state index in [-0.39, 0.29) is 12.6 Å². The molecule has 0 bridgehead atoms. The van der Waals surface area contributed by atoms with Crippen LogP contribution in [0.3, 0.4) is 0 Å². The fourth-order valence-electron chi connectivity index (χ4n) is 7.46. The van der Waals surface area contributed by atoms with Crippen molar-refractivity contribution >= 4 is 5.97 Å². The Morgan fingerprint density at radius 1 is 0.377 bits per heavy atom. The van der Waals surface area contributed by atoms with Crippen LogP contribution in [0.25, 0.3) is 0 Å². The molecule has 1 N–H and O–H groups in total. The fraction of sp³-hybridized carbons (Fsp3) is 0.979. The zero-order valence-corrected chi connectivity index (χ0v) is 36.5. The van der Waals surface area contributed by atoms with Gasteiger partial charge in [0.2, 0.25) is 0 Å². The highest BCUT2D eigenvalue weighted by Gasteiger charge is 2.12. The lowest BCUT2D eigenvalue weighted by Gasteiger charge is -2.22. The van der Waals surface area contributed by atoms with Gasteiger partial charge in [-0.05, 0) is 58.3 Å². The van der Waals surface area contributed by atoms with E-state index in [2.05, 4.69) is 30.6 Å². The number of hydrogen-bond acceptors (Lipinski definition) is 6. The normalized spacial score (nSPS) is 11.7. The summed E-state index contributed by atoms with van der Waals surface area (Å²) in [6.07, 6.45) is 43.5. The van der Waals surface area contributed by atoms with E-state index < -0.39 is 0 Å². The molecule has 0 atom stereocenters. The third-order valence-electron chi connectivity index (χ3n) is 11.0. The summed E-state index contributed by atoms with van der Waals surface area (Å²) in [5.74, 6) is -0.0201. The Labute approximate surface area is 332 Å². The second-order valence-corrected chi connectivity index (χ2v) is 16.3. The van der Waals surface area contributed by atoms with Crippen molar-refractivity contribution in [2.75, 3.05) is 65.7 Å². The molecular weight excluding hydrogens is 657 g/mol. The molecule has 0 saturated carbocycles. The Bertz CT molecular complexity index is 673. The van der Waals surface area contributed by atoms with E-state index in [4.69, 9.17) is 14.6 Å². The summed E-state index contributed by atoms with van der Waals surface area (Å²) < 4.78 is 11.3. The Kier molecular flexibility index (Phi) is 45.1. The minimum absolute atomic E-state index is 0.0201. The lowest BCUT2D eigenvalue weighted by atomic mass is 10.1. The van der Waals surface area contributed by atoms with E-state index >= 15 is 0 Å². The third-order valence-corrected chi connectivity index (χ3v) is 11.0. The minimum Gasteiger partial charge on any atom is -0.465 e. The monoisotopic (exact) mass is 753 g/mol. The van der Waals surface area contributed by atoms with Gasteiger partial charge in [0.1, 0.15) is 0 Å². The molecule has 0 saturated heterocycles. The first-order chi connectivity index (χ1) is 26.2. The Hall–Kier alpha value is -0.690. The van der Waals surface area contributed by atoms with E-state index in [1.54, 1.807) is 0 Å². The maximum absolute atomic E-state index is 12.8. The van der Waals surface area contributed by atoms with Crippen LogP contribution in [0.15, 0.2) is 0 Å². The van der Waals surface area contributed by atoms with E-state index in [0.29, 0.717) is 19.8 Å². The van der Waals surface area contributed by atoms with Crippen LogP contribution < -0.4 is 0 Å². The third kappa shape index (κ3) is 42.3. The summed E-state index contributed by atoms with van der Waals surface area (Å²) in [5, 5.41) is 9.05. The molecule has 0 aromatic heterocycles. The average Bonchev–Trinajstić information content (AvgIpc) is 3.16. The Morgan fingerprint density at radius 3 is 1.06 bits per heavy atom. The van der Waals surface area contributed by atoms with Crippen molar-refractivity contribution in [2.24, 2.45) is 0 Å². The maximum atomic E-state index is 12.8. The summed E-state index contributed by atoms with van der Waals surface area (Å²) >= 11 is 0. The second-order valence-electron chi connectivity index (χ2n) is 16.3. The largest absolute Gasteiger partial charge is 0.465 e. The zero-order valence-electron chi connectivity index (χ0n) is 36.5. The standard InChI is InChI=1S/C47H96N2O4/c1-4-7-10-13-16-19-20-24-27-32-37-48(41-44-52-45-42-50)38-33-28-25-21-26-31-36-43-53-47(51)46-49(39-34-29-22-17-14-11-8-5-2)40-35-30-23-18-15-12-9-6-3/h50H,4-46H2,1-3H3. The SMILES string of the molecule is CCCCCCCCCCCCN(CCCCCCCCCOC(=O)CN(CCCCCCCCCC)CCCCCCCCCC)CCOCCO. The summed E-state index contributed by atoms with van der Waals surface area (Å²) in [6.45, 7) is 14.6. The summed E-state index contributed by atoms with van der Waals surface area (Å²) in [4.78, 5) is 17.7. The van der Waals surface area contributed by atoms with Gasteiger partial charge in [-0.2, -0.15) is 0 Å². The number of aliphatic hydroxyl groups excluding tert-OH is 1. The fourth-order valence-corrected chi connectivity index (χ4v) is 7.46. The molecular formula is C47H96N2O4. The smallest absolute Gasteiger partial charge is 0.320 e.